The van der Waals surface area contributed by atoms with Crippen LogP contribution in [0, 0.1) is 5.92 Å². The normalized spacial score (nSPS) is 20.9. The van der Waals surface area contributed by atoms with E-state index in [0.29, 0.717) is 18.5 Å². The third-order valence-electron chi connectivity index (χ3n) is 4.38. The first-order valence-electron chi connectivity index (χ1n) is 7.81. The van der Waals surface area contributed by atoms with Gasteiger partial charge in [0.05, 0.1) is 6.54 Å². The van der Waals surface area contributed by atoms with Crippen LogP contribution in [-0.4, -0.2) is 36.5 Å². The number of nitrogens with zero attached hydrogens (tertiary/aromatic N) is 1. The summed E-state index contributed by atoms with van der Waals surface area (Å²) in [5, 5.41) is 3.34. The monoisotopic (exact) mass is 252 g/mol. The van der Waals surface area contributed by atoms with Gasteiger partial charge < -0.3 is 10.2 Å². The van der Waals surface area contributed by atoms with E-state index >= 15 is 0 Å². The van der Waals surface area contributed by atoms with Gasteiger partial charge in [0.2, 0.25) is 5.91 Å². The Labute approximate surface area is 111 Å². The number of hydrogen-bond donors (Lipinski definition) is 1. The summed E-state index contributed by atoms with van der Waals surface area (Å²) < 4.78 is 0. The summed E-state index contributed by atoms with van der Waals surface area (Å²) in [6.07, 6.45) is 10.7. The van der Waals surface area contributed by atoms with Crippen LogP contribution in [-0.2, 0) is 4.79 Å². The molecule has 104 valence electrons. The molecule has 1 amide bonds. The van der Waals surface area contributed by atoms with Gasteiger partial charge in [-0.25, -0.2) is 0 Å². The highest BCUT2D eigenvalue weighted by molar-refractivity contribution is 5.78. The smallest absolute Gasteiger partial charge is 0.236 e. The molecule has 0 aliphatic heterocycles. The predicted molar refractivity (Wildman–Crippen MR) is 74.5 cm³/mol. The second kappa shape index (κ2) is 7.13. The van der Waals surface area contributed by atoms with Crippen molar-refractivity contribution >= 4 is 5.91 Å². The fourth-order valence-corrected chi connectivity index (χ4v) is 3.10. The Balaban J connectivity index is 1.55. The lowest BCUT2D eigenvalue weighted by molar-refractivity contribution is -0.130. The van der Waals surface area contributed by atoms with E-state index in [1.807, 2.05) is 4.90 Å². The lowest BCUT2D eigenvalue weighted by Gasteiger charge is -2.23. The van der Waals surface area contributed by atoms with Crippen molar-refractivity contribution in [3.63, 3.8) is 0 Å². The van der Waals surface area contributed by atoms with E-state index in [9.17, 15) is 4.79 Å². The molecule has 2 aliphatic carbocycles. The minimum absolute atomic E-state index is 0.295. The first-order valence-corrected chi connectivity index (χ1v) is 7.81. The second-order valence-corrected chi connectivity index (χ2v) is 5.88. The fourth-order valence-electron chi connectivity index (χ4n) is 3.10. The minimum Gasteiger partial charge on any atom is -0.339 e. The quantitative estimate of drug-likeness (QED) is 0.706. The van der Waals surface area contributed by atoms with Crippen LogP contribution >= 0.6 is 0 Å². The van der Waals surface area contributed by atoms with Crippen LogP contribution in [0.3, 0.4) is 0 Å². The van der Waals surface area contributed by atoms with Crippen molar-refractivity contribution in [1.29, 1.82) is 0 Å². The molecule has 0 spiro atoms. The lowest BCUT2D eigenvalue weighted by atomic mass is 9.87. The largest absolute Gasteiger partial charge is 0.339 e. The van der Waals surface area contributed by atoms with Crippen LogP contribution in [0.25, 0.3) is 0 Å². The highest BCUT2D eigenvalue weighted by atomic mass is 16.2. The van der Waals surface area contributed by atoms with E-state index in [2.05, 4.69) is 12.2 Å². The molecule has 18 heavy (non-hydrogen) atoms. The number of carbonyl (C=O) groups is 1. The third-order valence-corrected chi connectivity index (χ3v) is 4.38. The Kier molecular flexibility index (Phi) is 5.48. The molecular formula is C15H28N2O. The molecule has 0 unspecified atom stereocenters. The molecule has 2 fully saturated rings. The van der Waals surface area contributed by atoms with Crippen molar-refractivity contribution < 1.29 is 4.79 Å². The minimum atomic E-state index is 0.295. The van der Waals surface area contributed by atoms with Crippen molar-refractivity contribution in [2.75, 3.05) is 19.6 Å². The molecule has 0 aromatic heterocycles. The summed E-state index contributed by atoms with van der Waals surface area (Å²) in [6.45, 7) is 4.50. The molecule has 2 aliphatic rings. The summed E-state index contributed by atoms with van der Waals surface area (Å²) in [6, 6.07) is 0.558. The summed E-state index contributed by atoms with van der Waals surface area (Å²) in [5.41, 5.74) is 0. The maximum absolute atomic E-state index is 12.0. The van der Waals surface area contributed by atoms with E-state index in [0.717, 1.165) is 19.0 Å². The van der Waals surface area contributed by atoms with E-state index in [-0.39, 0.29) is 0 Å². The van der Waals surface area contributed by atoms with Gasteiger partial charge in [-0.1, -0.05) is 32.1 Å². The number of likely N-dealkylation sites (N-methyl/N-ethyl adjacent to an activating group) is 1. The number of rotatable bonds is 7. The van der Waals surface area contributed by atoms with Crippen LogP contribution in [0.15, 0.2) is 0 Å². The number of nitrogens with one attached hydrogen (secondary N) is 1. The van der Waals surface area contributed by atoms with Crippen molar-refractivity contribution in [3.8, 4) is 0 Å². The second-order valence-electron chi connectivity index (χ2n) is 5.88. The van der Waals surface area contributed by atoms with Crippen LogP contribution < -0.4 is 5.32 Å². The summed E-state index contributed by atoms with van der Waals surface area (Å²) in [7, 11) is 0. The molecule has 0 radical (unpaired) electrons. The molecule has 3 nitrogen and oxygen atoms in total. The van der Waals surface area contributed by atoms with Crippen LogP contribution in [0.1, 0.15) is 58.3 Å². The number of hydrogen-bond acceptors (Lipinski definition) is 2. The maximum Gasteiger partial charge on any atom is 0.236 e. The molecule has 0 atom stereocenters. The molecule has 3 heteroatoms. The van der Waals surface area contributed by atoms with Crippen molar-refractivity contribution in [1.82, 2.24) is 10.2 Å². The Morgan fingerprint density at radius 3 is 2.50 bits per heavy atom. The SMILES string of the molecule is CCN(C(=O)CNCCC1CCCCC1)C1CC1. The molecule has 0 saturated heterocycles. The molecule has 0 heterocycles. The average molecular weight is 252 g/mol. The van der Waals surface area contributed by atoms with Gasteiger partial charge in [-0.15, -0.1) is 0 Å². The average Bonchev–Trinajstić information content (AvgIpc) is 3.21. The summed E-state index contributed by atoms with van der Waals surface area (Å²) in [5.74, 6) is 1.20. The topological polar surface area (TPSA) is 32.3 Å². The molecule has 0 aromatic rings. The molecule has 2 saturated carbocycles. The number of carbonyl (C=O) groups excluding carboxylic acids is 1. The van der Waals surface area contributed by atoms with Crippen LogP contribution in [0.4, 0.5) is 0 Å². The molecule has 0 aromatic carbocycles. The standard InChI is InChI=1S/C15H28N2O/c1-2-17(14-8-9-14)15(18)12-16-11-10-13-6-4-3-5-7-13/h13-14,16H,2-12H2,1H3. The van der Waals surface area contributed by atoms with Crippen LogP contribution in [0.5, 0.6) is 0 Å². The Hall–Kier alpha value is -0.570. The van der Waals surface area contributed by atoms with E-state index < -0.39 is 0 Å². The van der Waals surface area contributed by atoms with Gasteiger partial charge in [-0.05, 0) is 38.6 Å². The van der Waals surface area contributed by atoms with Gasteiger partial charge >= 0.3 is 0 Å². The highest BCUT2D eigenvalue weighted by Gasteiger charge is 2.30. The predicted octanol–water partition coefficient (Wildman–Crippen LogP) is 2.56. The highest BCUT2D eigenvalue weighted by Crippen LogP contribution is 2.27. The first-order chi connectivity index (χ1) is 8.81. The van der Waals surface area contributed by atoms with Crippen LogP contribution in [0.2, 0.25) is 0 Å². The first kappa shape index (κ1) is 13.9. The third kappa shape index (κ3) is 4.27. The Bertz CT molecular complexity index is 257. The van der Waals surface area contributed by atoms with Crippen molar-refractivity contribution in [3.05, 3.63) is 0 Å². The Morgan fingerprint density at radius 2 is 1.89 bits per heavy atom. The molecule has 2 rings (SSSR count). The van der Waals surface area contributed by atoms with Gasteiger partial charge in [0.15, 0.2) is 0 Å². The zero-order valence-corrected chi connectivity index (χ0v) is 11.8. The number of amides is 1. The van der Waals surface area contributed by atoms with Gasteiger partial charge in [0.1, 0.15) is 0 Å². The molecule has 0 bridgehead atoms. The fraction of sp³-hybridized carbons (Fsp3) is 0.933. The van der Waals surface area contributed by atoms with Crippen molar-refractivity contribution in [2.45, 2.75) is 64.3 Å². The molecule has 1 N–H and O–H groups in total. The van der Waals surface area contributed by atoms with Gasteiger partial charge in [-0.3, -0.25) is 4.79 Å². The zero-order valence-electron chi connectivity index (χ0n) is 11.8. The van der Waals surface area contributed by atoms with Crippen molar-refractivity contribution in [2.24, 2.45) is 5.92 Å². The van der Waals surface area contributed by atoms with E-state index in [1.54, 1.807) is 0 Å². The van der Waals surface area contributed by atoms with Gasteiger partial charge in [-0.2, -0.15) is 0 Å². The molecular weight excluding hydrogens is 224 g/mol. The lowest BCUT2D eigenvalue weighted by Crippen LogP contribution is -2.39. The van der Waals surface area contributed by atoms with Gasteiger partial charge in [0.25, 0.3) is 0 Å². The zero-order chi connectivity index (χ0) is 12.8. The Morgan fingerprint density at radius 1 is 1.17 bits per heavy atom. The van der Waals surface area contributed by atoms with E-state index in [4.69, 9.17) is 0 Å². The summed E-state index contributed by atoms with van der Waals surface area (Å²) in [4.78, 5) is 14.0. The summed E-state index contributed by atoms with van der Waals surface area (Å²) >= 11 is 0. The van der Waals surface area contributed by atoms with Gasteiger partial charge in [0, 0.05) is 12.6 Å². The maximum atomic E-state index is 12.0. The van der Waals surface area contributed by atoms with E-state index in [1.165, 1.54) is 51.4 Å².